The third-order valence-electron chi connectivity index (χ3n) is 6.58. The summed E-state index contributed by atoms with van der Waals surface area (Å²) in [5.74, 6) is 0. The van der Waals surface area contributed by atoms with Crippen LogP contribution in [0.1, 0.15) is 39.2 Å². The van der Waals surface area contributed by atoms with Crippen molar-refractivity contribution in [3.8, 4) is 28.0 Å². The van der Waals surface area contributed by atoms with Gasteiger partial charge in [0.05, 0.1) is 34.2 Å². The van der Waals surface area contributed by atoms with Gasteiger partial charge in [-0.2, -0.15) is 10.4 Å². The molecule has 0 atom stereocenters. The van der Waals surface area contributed by atoms with Gasteiger partial charge >= 0.3 is 6.09 Å². The molecule has 6 rings (SSSR count). The zero-order chi connectivity index (χ0) is 27.1. The van der Waals surface area contributed by atoms with Crippen molar-refractivity contribution in [2.75, 3.05) is 36.4 Å². The predicted molar refractivity (Wildman–Crippen MR) is 149 cm³/mol. The van der Waals surface area contributed by atoms with Crippen molar-refractivity contribution in [2.45, 2.75) is 45.3 Å². The first-order chi connectivity index (χ1) is 18.8. The summed E-state index contributed by atoms with van der Waals surface area (Å²) < 4.78 is 7.31. The van der Waals surface area contributed by atoms with E-state index in [-0.39, 0.29) is 6.09 Å². The van der Waals surface area contributed by atoms with Crippen molar-refractivity contribution < 1.29 is 9.53 Å². The number of anilines is 2. The number of hydrogen-bond donors (Lipinski definition) is 1. The number of amides is 1. The van der Waals surface area contributed by atoms with E-state index in [1.807, 2.05) is 51.2 Å². The van der Waals surface area contributed by atoms with Gasteiger partial charge in [0.2, 0.25) is 5.13 Å². The molecule has 0 bridgehead atoms. The minimum absolute atomic E-state index is 0.279. The molecule has 0 unspecified atom stereocenters. The number of carbonyl (C=O) groups is 1. The lowest BCUT2D eigenvalue weighted by Crippen LogP contribution is -2.50. The van der Waals surface area contributed by atoms with Crippen LogP contribution in [0.5, 0.6) is 0 Å². The topological polar surface area (TPSA) is 125 Å². The van der Waals surface area contributed by atoms with E-state index in [1.165, 1.54) is 11.3 Å². The Morgan fingerprint density at radius 3 is 2.64 bits per heavy atom. The maximum atomic E-state index is 12.4. The van der Waals surface area contributed by atoms with Crippen LogP contribution >= 0.6 is 11.3 Å². The first kappa shape index (κ1) is 25.1. The molecule has 39 heavy (non-hydrogen) atoms. The first-order valence-electron chi connectivity index (χ1n) is 13.0. The number of aromatic nitrogens is 5. The van der Waals surface area contributed by atoms with Crippen molar-refractivity contribution in [3.05, 3.63) is 42.2 Å². The smallest absolute Gasteiger partial charge is 0.410 e. The number of nitrogens with zero attached hydrogens (tertiary/aromatic N) is 8. The van der Waals surface area contributed by atoms with Gasteiger partial charge in [-0.25, -0.2) is 9.31 Å². The van der Waals surface area contributed by atoms with Gasteiger partial charge in [0, 0.05) is 44.1 Å². The maximum absolute atomic E-state index is 12.4. The van der Waals surface area contributed by atoms with Gasteiger partial charge in [0.1, 0.15) is 11.7 Å². The zero-order valence-electron chi connectivity index (χ0n) is 22.1. The second kappa shape index (κ2) is 9.81. The average molecular weight is 544 g/mol. The number of hydrogen-bond acceptors (Lipinski definition) is 10. The van der Waals surface area contributed by atoms with Gasteiger partial charge < -0.3 is 19.9 Å². The molecule has 2 fully saturated rings. The number of pyridine rings is 1. The molecular formula is C27H29N9O2S. The fourth-order valence-corrected chi connectivity index (χ4v) is 5.37. The molecule has 200 valence electrons. The van der Waals surface area contributed by atoms with E-state index in [9.17, 15) is 10.1 Å². The summed E-state index contributed by atoms with van der Waals surface area (Å²) in [6, 6.07) is 10.3. The van der Waals surface area contributed by atoms with Crippen LogP contribution in [-0.4, -0.2) is 73.6 Å². The Bertz CT molecular complexity index is 1570. The lowest BCUT2D eigenvalue weighted by atomic mass is 10.2. The quantitative estimate of drug-likeness (QED) is 0.389. The highest BCUT2D eigenvalue weighted by molar-refractivity contribution is 7.18. The Morgan fingerprint density at radius 1 is 1.13 bits per heavy atom. The fourth-order valence-electron chi connectivity index (χ4n) is 4.45. The van der Waals surface area contributed by atoms with Gasteiger partial charge in [-0.3, -0.25) is 4.98 Å². The lowest BCUT2D eigenvalue weighted by Gasteiger charge is -2.35. The SMILES string of the molecule is CC(C)(C)OC(=O)N1CCN(c2nnc(-c3cnc(-c4ccc5cc(C#N)cnn45)cc3NC3CC3)s2)CC1. The monoisotopic (exact) mass is 543 g/mol. The molecule has 1 amide bonds. The average Bonchev–Trinajstić information content (AvgIpc) is 3.43. The number of carbonyl (C=O) groups excluding carboxylic acids is 1. The molecule has 12 heteroatoms. The summed E-state index contributed by atoms with van der Waals surface area (Å²) in [6.45, 7) is 8.11. The van der Waals surface area contributed by atoms with E-state index in [2.05, 4.69) is 31.6 Å². The second-order valence-corrected chi connectivity index (χ2v) is 11.7. The summed E-state index contributed by atoms with van der Waals surface area (Å²) in [5.41, 5.74) is 4.34. The molecule has 5 heterocycles. The van der Waals surface area contributed by atoms with Crippen LogP contribution in [-0.2, 0) is 4.74 Å². The number of nitrogens with one attached hydrogen (secondary N) is 1. The molecule has 1 N–H and O–H groups in total. The van der Waals surface area contributed by atoms with Crippen molar-refractivity contribution in [1.29, 1.82) is 5.26 Å². The normalized spacial score (nSPS) is 15.8. The highest BCUT2D eigenvalue weighted by Crippen LogP contribution is 2.38. The number of piperazine rings is 1. The van der Waals surface area contributed by atoms with E-state index in [0.717, 1.165) is 51.1 Å². The fraction of sp³-hybridized carbons (Fsp3) is 0.407. The third kappa shape index (κ3) is 5.35. The summed E-state index contributed by atoms with van der Waals surface area (Å²) in [4.78, 5) is 21.1. The van der Waals surface area contributed by atoms with Gasteiger partial charge in [-0.05, 0) is 57.9 Å². The zero-order valence-corrected chi connectivity index (χ0v) is 22.9. The largest absolute Gasteiger partial charge is 0.444 e. The van der Waals surface area contributed by atoms with E-state index in [0.29, 0.717) is 37.8 Å². The van der Waals surface area contributed by atoms with E-state index in [4.69, 9.17) is 9.72 Å². The Hall–Kier alpha value is -4.24. The summed E-state index contributed by atoms with van der Waals surface area (Å²) >= 11 is 1.52. The summed E-state index contributed by atoms with van der Waals surface area (Å²) in [6.07, 6.45) is 5.39. The summed E-state index contributed by atoms with van der Waals surface area (Å²) in [5, 5.41) is 27.9. The van der Waals surface area contributed by atoms with Crippen LogP contribution in [0.2, 0.25) is 0 Å². The molecular weight excluding hydrogens is 514 g/mol. The van der Waals surface area contributed by atoms with Gasteiger partial charge in [-0.1, -0.05) is 11.3 Å². The highest BCUT2D eigenvalue weighted by atomic mass is 32.1. The standard InChI is InChI=1S/C27H29N9O2S/c1-27(2,3)38-26(37)35-10-8-34(9-11-35)25-33-32-24(39-25)20-16-29-22(13-21(20)31-18-4-5-18)23-7-6-19-12-17(14-28)15-30-36(19)23/h6-7,12-13,15-16,18H,4-5,8-11H2,1-3H3,(H,29,31). The number of nitriles is 1. The van der Waals surface area contributed by atoms with Gasteiger partial charge in [-0.15, -0.1) is 10.2 Å². The van der Waals surface area contributed by atoms with E-state index < -0.39 is 5.60 Å². The van der Waals surface area contributed by atoms with Crippen LogP contribution in [0.4, 0.5) is 15.6 Å². The van der Waals surface area contributed by atoms with Crippen LogP contribution in [0, 0.1) is 11.3 Å². The Balaban J connectivity index is 1.22. The minimum Gasteiger partial charge on any atom is -0.444 e. The molecule has 4 aromatic rings. The Labute approximate surface area is 230 Å². The van der Waals surface area contributed by atoms with E-state index >= 15 is 0 Å². The molecule has 11 nitrogen and oxygen atoms in total. The van der Waals surface area contributed by atoms with Crippen LogP contribution in [0.25, 0.3) is 27.5 Å². The van der Waals surface area contributed by atoms with Crippen molar-refractivity contribution in [2.24, 2.45) is 0 Å². The van der Waals surface area contributed by atoms with Gasteiger partial charge in [0.15, 0.2) is 5.01 Å². The van der Waals surface area contributed by atoms with Crippen molar-refractivity contribution in [3.63, 3.8) is 0 Å². The maximum Gasteiger partial charge on any atom is 0.410 e. The van der Waals surface area contributed by atoms with Crippen LogP contribution < -0.4 is 10.2 Å². The number of rotatable bonds is 5. The Kier molecular flexibility index (Phi) is 6.31. The Morgan fingerprint density at radius 2 is 1.92 bits per heavy atom. The van der Waals surface area contributed by atoms with Crippen LogP contribution in [0.3, 0.4) is 0 Å². The number of ether oxygens (including phenoxy) is 1. The summed E-state index contributed by atoms with van der Waals surface area (Å²) in [7, 11) is 0. The molecule has 1 aliphatic heterocycles. The van der Waals surface area contributed by atoms with Crippen LogP contribution in [0.15, 0.2) is 36.7 Å². The van der Waals surface area contributed by atoms with Crippen molar-refractivity contribution >= 4 is 33.8 Å². The lowest BCUT2D eigenvalue weighted by molar-refractivity contribution is 0.0240. The highest BCUT2D eigenvalue weighted by Gasteiger charge is 2.28. The first-order valence-corrected chi connectivity index (χ1v) is 13.8. The number of fused-ring (bicyclic) bond motifs is 1. The predicted octanol–water partition coefficient (Wildman–Crippen LogP) is 4.42. The van der Waals surface area contributed by atoms with Crippen molar-refractivity contribution in [1.82, 2.24) is 29.7 Å². The molecule has 1 aliphatic carbocycles. The molecule has 2 aliphatic rings. The van der Waals surface area contributed by atoms with Gasteiger partial charge in [0.25, 0.3) is 0 Å². The molecule has 1 saturated heterocycles. The minimum atomic E-state index is -0.510. The van der Waals surface area contributed by atoms with E-state index in [1.54, 1.807) is 15.6 Å². The molecule has 1 saturated carbocycles. The molecule has 0 aromatic carbocycles. The molecule has 4 aromatic heterocycles. The molecule has 0 spiro atoms. The second-order valence-electron chi connectivity index (χ2n) is 10.8. The molecule has 0 radical (unpaired) electrons. The third-order valence-corrected chi connectivity index (χ3v) is 7.60.